The van der Waals surface area contributed by atoms with Crippen molar-refractivity contribution in [1.29, 1.82) is 0 Å². The Kier molecular flexibility index (Phi) is 5.41. The molecule has 28 heavy (non-hydrogen) atoms. The molecule has 0 saturated carbocycles. The Morgan fingerprint density at radius 1 is 1.00 bits per heavy atom. The van der Waals surface area contributed by atoms with Gasteiger partial charge in [-0.2, -0.15) is 9.40 Å². The third-order valence-electron chi connectivity index (χ3n) is 5.00. The summed E-state index contributed by atoms with van der Waals surface area (Å²) >= 11 is 0. The van der Waals surface area contributed by atoms with Gasteiger partial charge in [0.2, 0.25) is 10.0 Å². The molecule has 1 heterocycles. The van der Waals surface area contributed by atoms with Crippen LogP contribution in [-0.4, -0.2) is 34.5 Å². The highest BCUT2D eigenvalue weighted by Crippen LogP contribution is 2.28. The Hall–Kier alpha value is -2.51. The molecule has 0 radical (unpaired) electrons. The summed E-state index contributed by atoms with van der Waals surface area (Å²) in [7, 11) is -1.98. The second-order valence-electron chi connectivity index (χ2n) is 7.90. The van der Waals surface area contributed by atoms with Crippen molar-refractivity contribution in [2.24, 2.45) is 0 Å². The molecule has 0 saturated heterocycles. The van der Waals surface area contributed by atoms with Gasteiger partial charge in [0, 0.05) is 13.1 Å². The summed E-state index contributed by atoms with van der Waals surface area (Å²) in [5, 5.41) is 4.10. The molecule has 0 aliphatic carbocycles. The summed E-state index contributed by atoms with van der Waals surface area (Å²) in [6.07, 6.45) is 3.10. The van der Waals surface area contributed by atoms with Crippen LogP contribution in [0.1, 0.15) is 44.9 Å². The fourth-order valence-electron chi connectivity index (χ4n) is 2.96. The third kappa shape index (κ3) is 4.00. The van der Waals surface area contributed by atoms with Crippen molar-refractivity contribution in [2.45, 2.75) is 44.0 Å². The molecule has 0 N–H and O–H groups in total. The quantitative estimate of drug-likeness (QED) is 0.653. The van der Waals surface area contributed by atoms with Crippen molar-refractivity contribution < 1.29 is 8.42 Å². The van der Waals surface area contributed by atoms with Gasteiger partial charge < -0.3 is 0 Å². The van der Waals surface area contributed by atoms with Crippen LogP contribution in [0.4, 0.5) is 0 Å². The highest BCUT2D eigenvalue weighted by atomic mass is 32.2. The Morgan fingerprint density at radius 2 is 1.61 bits per heavy atom. The molecule has 0 aliphatic rings. The minimum atomic E-state index is -3.60. The molecule has 6 nitrogen and oxygen atoms in total. The third-order valence-corrected chi connectivity index (χ3v) is 6.94. The fourth-order valence-corrected chi connectivity index (χ4v) is 4.31. The SMILES string of the molecule is C[C@H](c1ccc(-n2cncn2)cc1)N(C)S(=O)(=O)c1ccc(C(C)(C)C)cc1. The van der Waals surface area contributed by atoms with E-state index in [1.54, 1.807) is 30.2 Å². The van der Waals surface area contributed by atoms with Crippen LogP contribution in [0.5, 0.6) is 0 Å². The van der Waals surface area contributed by atoms with Crippen molar-refractivity contribution in [3.05, 3.63) is 72.3 Å². The smallest absolute Gasteiger partial charge is 0.223 e. The van der Waals surface area contributed by atoms with Crippen molar-refractivity contribution >= 4 is 10.0 Å². The van der Waals surface area contributed by atoms with Gasteiger partial charge in [-0.25, -0.2) is 18.1 Å². The maximum absolute atomic E-state index is 13.1. The Labute approximate surface area is 166 Å². The summed E-state index contributed by atoms with van der Waals surface area (Å²) in [6.45, 7) is 8.20. The van der Waals surface area contributed by atoms with E-state index in [0.29, 0.717) is 4.90 Å². The molecule has 0 amide bonds. The van der Waals surface area contributed by atoms with Crippen molar-refractivity contribution in [1.82, 2.24) is 19.1 Å². The van der Waals surface area contributed by atoms with Crippen LogP contribution in [0.3, 0.4) is 0 Å². The normalized spacial score (nSPS) is 13.6. The number of hydrogen-bond donors (Lipinski definition) is 0. The van der Waals surface area contributed by atoms with Gasteiger partial charge in [-0.3, -0.25) is 0 Å². The predicted molar refractivity (Wildman–Crippen MR) is 110 cm³/mol. The standard InChI is InChI=1S/C21H26N4O2S/c1-16(17-6-10-19(11-7-17)25-15-22-14-23-25)24(5)28(26,27)20-12-8-18(9-13-20)21(2,3)4/h6-16H,1-5H3/t16-/m1/s1. The fraction of sp³-hybridized carbons (Fsp3) is 0.333. The van der Waals surface area contributed by atoms with Crippen LogP contribution < -0.4 is 0 Å². The zero-order chi connectivity index (χ0) is 20.5. The van der Waals surface area contributed by atoms with E-state index in [0.717, 1.165) is 16.8 Å². The molecule has 0 aliphatic heterocycles. The minimum absolute atomic E-state index is 0.0205. The van der Waals surface area contributed by atoms with E-state index < -0.39 is 10.0 Å². The van der Waals surface area contributed by atoms with Crippen LogP contribution >= 0.6 is 0 Å². The molecular weight excluding hydrogens is 372 g/mol. The van der Waals surface area contributed by atoms with E-state index in [4.69, 9.17) is 0 Å². The first kappa shape index (κ1) is 20.2. The number of hydrogen-bond acceptors (Lipinski definition) is 4. The molecule has 3 rings (SSSR count). The Morgan fingerprint density at radius 3 is 2.11 bits per heavy atom. The van der Waals surface area contributed by atoms with Crippen molar-refractivity contribution in [3.8, 4) is 5.69 Å². The van der Waals surface area contributed by atoms with Gasteiger partial charge in [0.25, 0.3) is 0 Å². The zero-order valence-electron chi connectivity index (χ0n) is 16.9. The highest BCUT2D eigenvalue weighted by Gasteiger charge is 2.27. The van der Waals surface area contributed by atoms with E-state index in [1.165, 1.54) is 10.6 Å². The van der Waals surface area contributed by atoms with Gasteiger partial charge in [0.05, 0.1) is 10.6 Å². The molecule has 2 aromatic carbocycles. The van der Waals surface area contributed by atoms with Gasteiger partial charge in [-0.1, -0.05) is 45.0 Å². The average molecular weight is 399 g/mol. The largest absolute Gasteiger partial charge is 0.243 e. The first-order valence-electron chi connectivity index (χ1n) is 9.14. The molecule has 0 bridgehead atoms. The molecule has 1 atom stereocenters. The lowest BCUT2D eigenvalue weighted by Crippen LogP contribution is -2.30. The van der Waals surface area contributed by atoms with Gasteiger partial charge in [0.1, 0.15) is 12.7 Å². The number of benzene rings is 2. The number of sulfonamides is 1. The monoisotopic (exact) mass is 398 g/mol. The topological polar surface area (TPSA) is 68.1 Å². The second kappa shape index (κ2) is 7.48. The molecule has 148 valence electrons. The Bertz CT molecular complexity index is 1020. The second-order valence-corrected chi connectivity index (χ2v) is 9.90. The molecule has 7 heteroatoms. The highest BCUT2D eigenvalue weighted by molar-refractivity contribution is 7.89. The predicted octanol–water partition coefficient (Wildman–Crippen LogP) is 3.95. The summed E-state index contributed by atoms with van der Waals surface area (Å²) in [4.78, 5) is 4.24. The summed E-state index contributed by atoms with van der Waals surface area (Å²) in [5.74, 6) is 0. The van der Waals surface area contributed by atoms with Gasteiger partial charge in [0.15, 0.2) is 0 Å². The van der Waals surface area contributed by atoms with Crippen LogP contribution in [-0.2, 0) is 15.4 Å². The lowest BCUT2D eigenvalue weighted by molar-refractivity contribution is 0.398. The van der Waals surface area contributed by atoms with E-state index >= 15 is 0 Å². The van der Waals surface area contributed by atoms with Crippen LogP contribution in [0.25, 0.3) is 5.69 Å². The van der Waals surface area contributed by atoms with Gasteiger partial charge in [-0.05, 0) is 47.7 Å². The average Bonchev–Trinajstić information content (AvgIpc) is 3.21. The van der Waals surface area contributed by atoms with Crippen molar-refractivity contribution in [3.63, 3.8) is 0 Å². The molecule has 1 aromatic heterocycles. The van der Waals surface area contributed by atoms with Crippen LogP contribution in [0, 0.1) is 0 Å². The zero-order valence-corrected chi connectivity index (χ0v) is 17.7. The molecule has 3 aromatic rings. The number of aromatic nitrogens is 3. The molecule has 0 unspecified atom stereocenters. The first-order valence-corrected chi connectivity index (χ1v) is 10.6. The Balaban J connectivity index is 1.82. The van der Waals surface area contributed by atoms with E-state index in [1.807, 2.05) is 43.3 Å². The minimum Gasteiger partial charge on any atom is -0.223 e. The summed E-state index contributed by atoms with van der Waals surface area (Å²) in [5.41, 5.74) is 2.86. The van der Waals surface area contributed by atoms with E-state index in [9.17, 15) is 8.42 Å². The van der Waals surface area contributed by atoms with Crippen LogP contribution in [0.15, 0.2) is 66.1 Å². The van der Waals surface area contributed by atoms with Crippen molar-refractivity contribution in [2.75, 3.05) is 7.05 Å². The lowest BCUT2D eigenvalue weighted by atomic mass is 9.87. The molecule has 0 fully saturated rings. The first-order chi connectivity index (χ1) is 13.1. The van der Waals surface area contributed by atoms with Gasteiger partial charge in [-0.15, -0.1) is 0 Å². The number of nitrogens with zero attached hydrogens (tertiary/aromatic N) is 4. The van der Waals surface area contributed by atoms with E-state index in [2.05, 4.69) is 30.9 Å². The lowest BCUT2D eigenvalue weighted by Gasteiger charge is -2.25. The van der Waals surface area contributed by atoms with Gasteiger partial charge >= 0.3 is 0 Å². The van der Waals surface area contributed by atoms with E-state index in [-0.39, 0.29) is 11.5 Å². The molecule has 0 spiro atoms. The summed E-state index contributed by atoms with van der Waals surface area (Å²) in [6, 6.07) is 14.5. The number of rotatable bonds is 5. The molecular formula is C21H26N4O2S. The maximum Gasteiger partial charge on any atom is 0.243 e. The van der Waals surface area contributed by atoms with Crippen LogP contribution in [0.2, 0.25) is 0 Å². The summed E-state index contributed by atoms with van der Waals surface area (Å²) < 4.78 is 29.2. The maximum atomic E-state index is 13.1.